The van der Waals surface area contributed by atoms with Crippen LogP contribution in [0.4, 0.5) is 11.6 Å². The van der Waals surface area contributed by atoms with Crippen LogP contribution in [-0.2, 0) is 44.8 Å². The molecule has 2 N–H and O–H groups in total. The predicted molar refractivity (Wildman–Crippen MR) is 468 cm³/mol. The van der Waals surface area contributed by atoms with Gasteiger partial charge in [-0.05, 0) is 45.1 Å². The van der Waals surface area contributed by atoms with Gasteiger partial charge in [0.15, 0.2) is 16.9 Å². The van der Waals surface area contributed by atoms with Gasteiger partial charge in [-0.1, -0.05) is 191 Å². The molecule has 20 aromatic rings. The number of aliphatic imine (C=N–C) groups is 4. The first-order chi connectivity index (χ1) is 59.9. The van der Waals surface area contributed by atoms with E-state index in [4.69, 9.17) is 99.7 Å². The molecule has 0 saturated heterocycles. The number of aromatic nitrogens is 18. The Bertz CT molecular complexity index is 7650. The van der Waals surface area contributed by atoms with Crippen LogP contribution in [0.25, 0.3) is 201 Å². The van der Waals surface area contributed by atoms with E-state index in [1.807, 2.05) is 218 Å². The molecule has 28 rings (SSSR count). The molecule has 8 aromatic heterocycles. The van der Waals surface area contributed by atoms with Crippen molar-refractivity contribution in [1.29, 1.82) is 0 Å². The van der Waals surface area contributed by atoms with Crippen molar-refractivity contribution in [2.75, 3.05) is 0 Å². The fourth-order valence-electron chi connectivity index (χ4n) is 17.1. The average molecular weight is 1980 g/mol. The minimum atomic E-state index is -2.06. The maximum atomic E-state index is 5.27. The Labute approximate surface area is 776 Å². The van der Waals surface area contributed by atoms with Crippen LogP contribution >= 0.6 is 0 Å². The number of hydrogen-bond donors (Lipinski definition) is 0. The van der Waals surface area contributed by atoms with Gasteiger partial charge in [0.05, 0.1) is 40.0 Å². The fraction of sp³-hybridized carbons (Fsp3) is 0. The second kappa shape index (κ2) is 30.7. The molecule has 584 valence electrons. The second-order valence-electron chi connectivity index (χ2n) is 29.7. The van der Waals surface area contributed by atoms with Crippen molar-refractivity contribution in [3.05, 3.63) is 324 Å². The minimum absolute atomic E-state index is 0. The molecule has 0 spiro atoms. The Kier molecular flexibility index (Phi) is 19.0. The molecule has 24 nitrogen and oxygen atoms in total. The molecule has 22 bridgehead atoms. The number of amidine groups is 4. The van der Waals surface area contributed by atoms with Crippen molar-refractivity contribution < 1.29 is 93.9 Å². The van der Waals surface area contributed by atoms with E-state index in [9.17, 15) is 0 Å². The van der Waals surface area contributed by atoms with Gasteiger partial charge in [-0.25, -0.2) is 15.0 Å². The average Bonchev–Trinajstić information content (AvgIpc) is 1.57. The van der Waals surface area contributed by atoms with E-state index >= 15 is 0 Å². The van der Waals surface area contributed by atoms with Crippen molar-refractivity contribution in [1.82, 2.24) is 74.5 Å². The molecule has 29 heteroatoms. The summed E-state index contributed by atoms with van der Waals surface area (Å²) in [6.45, 7) is 0. The summed E-state index contributed by atoms with van der Waals surface area (Å²) in [5, 5.41) is 11.5. The number of nitrogens with one attached hydrogen (secondary N) is 2. The van der Waals surface area contributed by atoms with E-state index in [0.29, 0.717) is 115 Å². The summed E-state index contributed by atoms with van der Waals surface area (Å²) < 4.78 is 4.70. The van der Waals surface area contributed by atoms with Gasteiger partial charge in [-0.15, -0.1) is 0 Å². The first kappa shape index (κ1) is 77.4. The SMILES string of the molecule is [Ag].[Ag].[H-].[Li+].[Li+].c1ccc2c(c1)-c1nc-2nc2[n-]c(nc3nc(nc4[n-]c(n1)c1ccccc41)-c1ccccc1-3)c1ccccc21.c1ccc2c(c1)-c1nc3[n-]c(nc4[nH+]c(nc5[n-]c(nc-2[nH+]1)c1ccccc51)-c1ccccc1-4)c1ccccc31.c1ccc2c(c1)C1=NC2=Nc2c3ccccc3c3[n]2[Pb][n]2c(c4ccccc4c2=NC2=NC(=N3)c3ccccc32)=N1. The summed E-state index contributed by atoms with van der Waals surface area (Å²) in [5.74, 6) is 9.43. The summed E-state index contributed by atoms with van der Waals surface area (Å²) >= 11 is -2.06. The Morgan fingerprint density at radius 2 is 0.416 bits per heavy atom. The van der Waals surface area contributed by atoms with Crippen molar-refractivity contribution in [2.24, 2.45) is 30.0 Å². The number of nitrogens with zero attached hydrogens (tertiary/aromatic N) is 22. The number of H-pyrrole nitrogens is 2. The monoisotopic (exact) mass is 1980 g/mol. The molecule has 8 aliphatic rings. The van der Waals surface area contributed by atoms with E-state index in [2.05, 4.69) is 87.5 Å². The van der Waals surface area contributed by atoms with Crippen LogP contribution in [0.1, 0.15) is 23.7 Å². The molecule has 0 unspecified atom stereocenters. The molecule has 0 saturated carbocycles. The van der Waals surface area contributed by atoms with Crippen LogP contribution < -0.4 is 78.6 Å². The maximum absolute atomic E-state index is 5.27. The molecule has 12 aromatic carbocycles. The van der Waals surface area contributed by atoms with Gasteiger partial charge < -0.3 is 41.3 Å². The van der Waals surface area contributed by atoms with Crippen molar-refractivity contribution in [3.63, 3.8) is 0 Å². The van der Waals surface area contributed by atoms with Crippen LogP contribution in [0.2, 0.25) is 0 Å². The molecule has 16 heterocycles. The predicted octanol–water partition coefficient (Wildman–Crippen LogP) is 9.68. The van der Waals surface area contributed by atoms with Gasteiger partial charge in [0.1, 0.15) is 5.82 Å². The Balaban J connectivity index is 0.000000113. The molecule has 0 aliphatic carbocycles. The van der Waals surface area contributed by atoms with Crippen molar-refractivity contribution >= 4 is 170 Å². The quantitative estimate of drug-likeness (QED) is 0.128. The molecule has 0 fully saturated rings. The zero-order chi connectivity index (χ0) is 79.1. The van der Waals surface area contributed by atoms with Gasteiger partial charge in [0.2, 0.25) is 0 Å². The van der Waals surface area contributed by atoms with E-state index < -0.39 is 24.8 Å². The van der Waals surface area contributed by atoms with Gasteiger partial charge >= 0.3 is 284 Å². The van der Waals surface area contributed by atoms with Crippen LogP contribution in [0.3, 0.4) is 0 Å². The zero-order valence-electron chi connectivity index (χ0n) is 66.7. The van der Waals surface area contributed by atoms with E-state index in [1.54, 1.807) is 0 Å². The normalized spacial score (nSPS) is 12.8. The Morgan fingerprint density at radius 3 is 0.680 bits per heavy atom. The number of fused-ring (bicyclic) bond motifs is 54. The molecular weight excluding hydrogens is 1930 g/mol. The Hall–Kier alpha value is -13.7. The first-order valence-corrected chi connectivity index (χ1v) is 42.7. The molecule has 4 radical (unpaired) electrons. The van der Waals surface area contributed by atoms with Gasteiger partial charge in [-0.3, -0.25) is 9.97 Å². The molecule has 8 aliphatic heterocycles. The number of rotatable bonds is 0. The van der Waals surface area contributed by atoms with E-state index in [-0.39, 0.29) is 83.9 Å². The summed E-state index contributed by atoms with van der Waals surface area (Å²) in [7, 11) is 0. The van der Waals surface area contributed by atoms with E-state index in [0.717, 1.165) is 154 Å². The third-order valence-corrected chi connectivity index (χ3v) is 27.6. The first-order valence-electron chi connectivity index (χ1n) is 39.2. The summed E-state index contributed by atoms with van der Waals surface area (Å²) in [4.78, 5) is 107. The molecule has 0 amide bonds. The third-order valence-electron chi connectivity index (χ3n) is 22.7. The standard InChI is InChI=1S/3C32H16N8.2Ag.2Li.Pb.H/c3*1-2-10-18-17(9-1)25-33-26(18)38-28-21-13-5-6-14-22(21)30(35-28)40-32-24-16-8-7-15-23(24)31(36-32)39-29-20-12-4-3-11-19(20)27(34-29)37-25;;;;;;/h3*1-16H;;;;;;/q3*-2;;;2*+1;+2;-1/p+2. The van der Waals surface area contributed by atoms with Gasteiger partial charge in [-0.2, -0.15) is 0 Å². The number of hydrogen-bond acceptors (Lipinski definition) is 16. The third kappa shape index (κ3) is 12.5. The Morgan fingerprint density at radius 1 is 0.208 bits per heavy atom. The summed E-state index contributed by atoms with van der Waals surface area (Å²) in [6.07, 6.45) is 0. The molecular formula is C96H51Ag2Li2N24Pb-. The topological polar surface area (TPSA) is 298 Å². The molecule has 125 heavy (non-hydrogen) atoms. The summed E-state index contributed by atoms with van der Waals surface area (Å²) in [5.41, 5.74) is 17.7. The summed E-state index contributed by atoms with van der Waals surface area (Å²) in [6, 6.07) is 97.3. The zero-order valence-corrected chi connectivity index (χ0v) is 72.5. The van der Waals surface area contributed by atoms with Gasteiger partial charge in [0.25, 0.3) is 17.5 Å². The van der Waals surface area contributed by atoms with Crippen LogP contribution in [0.15, 0.2) is 321 Å². The van der Waals surface area contributed by atoms with E-state index in [1.165, 1.54) is 0 Å². The number of aromatic amines is 2. The number of benzene rings is 12. The van der Waals surface area contributed by atoms with Crippen LogP contribution in [-0.4, -0.2) is 103 Å². The van der Waals surface area contributed by atoms with Crippen molar-refractivity contribution in [3.8, 4) is 91.1 Å². The van der Waals surface area contributed by atoms with Crippen LogP contribution in [0.5, 0.6) is 0 Å². The van der Waals surface area contributed by atoms with Crippen molar-refractivity contribution in [2.45, 2.75) is 0 Å². The van der Waals surface area contributed by atoms with Gasteiger partial charge in [0, 0.05) is 117 Å². The van der Waals surface area contributed by atoms with Crippen LogP contribution in [0, 0.1) is 0 Å². The fourth-order valence-corrected chi connectivity index (χ4v) is 22.0. The molecule has 0 atom stereocenters. The second-order valence-corrected chi connectivity index (χ2v) is 33.9.